The molecular weight excluding hydrogens is 433 g/mol. The van der Waals surface area contributed by atoms with Gasteiger partial charge in [-0.05, 0) is 43.7 Å². The van der Waals surface area contributed by atoms with Crippen molar-refractivity contribution in [2.45, 2.75) is 20.0 Å². The van der Waals surface area contributed by atoms with E-state index < -0.39 is 28.8 Å². The molecule has 0 radical (unpaired) electrons. The van der Waals surface area contributed by atoms with Crippen LogP contribution in [0, 0.1) is 25.1 Å². The fourth-order valence-electron chi connectivity index (χ4n) is 3.02. The fraction of sp³-hybridized carbons (Fsp3) is 0.227. The van der Waals surface area contributed by atoms with E-state index in [-0.39, 0.29) is 12.3 Å². The Morgan fingerprint density at radius 3 is 2.88 bits per heavy atom. The van der Waals surface area contributed by atoms with Gasteiger partial charge in [0, 0.05) is 28.7 Å². The molecule has 0 saturated carbocycles. The summed E-state index contributed by atoms with van der Waals surface area (Å²) in [7, 11) is -1.10. The number of aryl methyl sites for hydroxylation is 1. The van der Waals surface area contributed by atoms with Crippen LogP contribution in [0.5, 0.6) is 5.75 Å². The lowest BCUT2D eigenvalue weighted by atomic mass is 10.1. The predicted octanol–water partition coefficient (Wildman–Crippen LogP) is 3.87. The molecule has 0 aliphatic rings. The van der Waals surface area contributed by atoms with Gasteiger partial charge in [0.15, 0.2) is 6.10 Å². The lowest BCUT2D eigenvalue weighted by Crippen LogP contribution is -2.36. The largest absolute Gasteiger partial charge is 0.479 e. The molecule has 0 saturated heterocycles. The van der Waals surface area contributed by atoms with E-state index in [9.17, 15) is 13.7 Å². The topological polar surface area (TPSA) is 109 Å². The number of benzene rings is 2. The summed E-state index contributed by atoms with van der Waals surface area (Å²) in [6.45, 7) is 3.48. The van der Waals surface area contributed by atoms with Gasteiger partial charge in [-0.15, -0.1) is 6.42 Å². The van der Waals surface area contributed by atoms with E-state index in [1.165, 1.54) is 24.5 Å². The smallest absolute Gasteiger partial charge is 0.261 e. The first kappa shape index (κ1) is 23.1. The van der Waals surface area contributed by atoms with Crippen LogP contribution < -0.4 is 15.4 Å². The van der Waals surface area contributed by atoms with Crippen LogP contribution in [0.1, 0.15) is 12.5 Å². The number of aromatic nitrogens is 2. The summed E-state index contributed by atoms with van der Waals surface area (Å²) in [6, 6.07) is 7.52. The van der Waals surface area contributed by atoms with Crippen LogP contribution in [0.25, 0.3) is 10.9 Å². The lowest BCUT2D eigenvalue weighted by molar-refractivity contribution is -0.126. The monoisotopic (exact) mass is 455 g/mol. The molecule has 1 aromatic heterocycles. The number of nitrogens with one attached hydrogen (secondary N) is 2. The Morgan fingerprint density at radius 2 is 2.16 bits per heavy atom. The Labute approximate surface area is 187 Å². The summed E-state index contributed by atoms with van der Waals surface area (Å²) in [5.74, 6) is 1.99. The summed E-state index contributed by atoms with van der Waals surface area (Å²) < 4.78 is 33.3. The Kier molecular flexibility index (Phi) is 7.35. The van der Waals surface area contributed by atoms with Crippen molar-refractivity contribution in [3.05, 3.63) is 48.0 Å². The minimum Gasteiger partial charge on any atom is -0.479 e. The van der Waals surface area contributed by atoms with Crippen molar-refractivity contribution in [2.24, 2.45) is 4.36 Å². The van der Waals surface area contributed by atoms with Crippen LogP contribution in [0.15, 0.2) is 41.0 Å². The predicted molar refractivity (Wildman–Crippen MR) is 124 cm³/mol. The molecule has 0 aliphatic heterocycles. The average molecular weight is 456 g/mol. The number of terminal acetylenes is 1. The molecule has 10 heteroatoms. The van der Waals surface area contributed by atoms with Gasteiger partial charge in [0.1, 0.15) is 23.7 Å². The number of anilines is 2. The number of amides is 1. The van der Waals surface area contributed by atoms with Gasteiger partial charge in [-0.3, -0.25) is 4.79 Å². The Balaban J connectivity index is 1.96. The first-order chi connectivity index (χ1) is 15.3. The zero-order chi connectivity index (χ0) is 23.3. The quantitative estimate of drug-likeness (QED) is 0.467. The number of ether oxygens (including phenoxy) is 1. The molecule has 166 valence electrons. The Morgan fingerprint density at radius 1 is 1.38 bits per heavy atom. The van der Waals surface area contributed by atoms with E-state index >= 15 is 0 Å². The SMILES string of the molecule is C#CCNC(=O)[C@@H](C)Oc1cc(F)ccc1Nc1ncnc2cc(N=S(C)O)cc(C)c12. The van der Waals surface area contributed by atoms with Crippen molar-refractivity contribution < 1.29 is 18.5 Å². The highest BCUT2D eigenvalue weighted by Gasteiger charge is 2.18. The van der Waals surface area contributed by atoms with Crippen molar-refractivity contribution in [3.8, 4) is 18.1 Å². The molecule has 0 aliphatic carbocycles. The van der Waals surface area contributed by atoms with Crippen LogP contribution in [0.3, 0.4) is 0 Å². The summed E-state index contributed by atoms with van der Waals surface area (Å²) >= 11 is 0. The molecule has 0 fully saturated rings. The van der Waals surface area contributed by atoms with Crippen LogP contribution in [0.2, 0.25) is 0 Å². The van der Waals surface area contributed by atoms with E-state index in [0.717, 1.165) is 10.9 Å². The molecule has 3 aromatic rings. The van der Waals surface area contributed by atoms with Gasteiger partial charge in [0.05, 0.1) is 23.4 Å². The molecule has 1 heterocycles. The normalized spacial score (nSPS) is 12.8. The third-order valence-corrected chi connectivity index (χ3v) is 4.87. The molecule has 0 bridgehead atoms. The van der Waals surface area contributed by atoms with E-state index in [2.05, 4.69) is 30.9 Å². The highest BCUT2D eigenvalue weighted by molar-refractivity contribution is 7.80. The summed E-state index contributed by atoms with van der Waals surface area (Å²) in [5.41, 5.74) is 2.48. The maximum Gasteiger partial charge on any atom is 0.261 e. The van der Waals surface area contributed by atoms with Gasteiger partial charge in [-0.25, -0.2) is 18.7 Å². The van der Waals surface area contributed by atoms with Crippen LogP contribution >= 0.6 is 0 Å². The highest BCUT2D eigenvalue weighted by atomic mass is 32.2. The highest BCUT2D eigenvalue weighted by Crippen LogP contribution is 2.34. The standard InChI is InChI=1S/C22H22FN5O3S/c1-5-8-24-22(29)14(3)31-19-10-15(23)6-7-17(19)27-21-20-13(2)9-16(28-32(4)30)11-18(20)25-12-26-21/h1,6-7,9-12,14H,8H2,2-4H3,(H,24,29)(H,28,30)(H,25,26,27)/t14-,32?/m1/s1. The van der Waals surface area contributed by atoms with E-state index in [1.807, 2.05) is 13.0 Å². The van der Waals surface area contributed by atoms with Crippen LogP contribution in [0.4, 0.5) is 21.6 Å². The van der Waals surface area contributed by atoms with Gasteiger partial charge in [0.2, 0.25) is 0 Å². The van der Waals surface area contributed by atoms with Crippen molar-refractivity contribution in [2.75, 3.05) is 18.1 Å². The molecule has 1 unspecified atom stereocenters. The van der Waals surface area contributed by atoms with Gasteiger partial charge in [-0.2, -0.15) is 0 Å². The first-order valence-electron chi connectivity index (χ1n) is 9.55. The molecule has 3 rings (SSSR count). The van der Waals surface area contributed by atoms with Gasteiger partial charge in [0.25, 0.3) is 5.91 Å². The molecule has 2 aromatic carbocycles. The number of rotatable bonds is 7. The maximum absolute atomic E-state index is 13.9. The summed E-state index contributed by atoms with van der Waals surface area (Å²) in [6.07, 6.45) is 7.23. The molecule has 0 spiro atoms. The summed E-state index contributed by atoms with van der Waals surface area (Å²) in [4.78, 5) is 20.7. The van der Waals surface area contributed by atoms with E-state index in [4.69, 9.17) is 11.2 Å². The second kappa shape index (κ2) is 10.2. The van der Waals surface area contributed by atoms with Gasteiger partial charge in [-0.1, -0.05) is 5.92 Å². The second-order valence-electron chi connectivity index (χ2n) is 6.86. The average Bonchev–Trinajstić information content (AvgIpc) is 2.73. The minimum absolute atomic E-state index is 0.0663. The van der Waals surface area contributed by atoms with Crippen LogP contribution in [-0.2, 0) is 15.8 Å². The zero-order valence-electron chi connectivity index (χ0n) is 17.7. The number of fused-ring (bicyclic) bond motifs is 1. The minimum atomic E-state index is -1.10. The Bertz CT molecular complexity index is 1240. The number of carbonyl (C=O) groups is 1. The van der Waals surface area contributed by atoms with Gasteiger partial charge < -0.3 is 19.9 Å². The molecule has 8 nitrogen and oxygen atoms in total. The lowest BCUT2D eigenvalue weighted by Gasteiger charge is -2.18. The van der Waals surface area contributed by atoms with Crippen LogP contribution in [-0.4, -0.2) is 39.3 Å². The first-order valence-corrected chi connectivity index (χ1v) is 11.1. The van der Waals surface area contributed by atoms with E-state index in [1.54, 1.807) is 19.2 Å². The Hall–Kier alpha value is -3.55. The number of halogens is 1. The van der Waals surface area contributed by atoms with Crippen molar-refractivity contribution >= 4 is 45.0 Å². The molecule has 3 N–H and O–H groups in total. The number of hydrogen-bond donors (Lipinski definition) is 3. The zero-order valence-corrected chi connectivity index (χ0v) is 18.5. The van der Waals surface area contributed by atoms with Gasteiger partial charge >= 0.3 is 0 Å². The number of carbonyl (C=O) groups excluding carboxylic acids is 1. The van der Waals surface area contributed by atoms with Crippen molar-refractivity contribution in [3.63, 3.8) is 0 Å². The molecular formula is C22H22FN5O3S. The number of nitrogens with zero attached hydrogens (tertiary/aromatic N) is 3. The number of hydrogen-bond acceptors (Lipinski definition) is 6. The third-order valence-electron chi connectivity index (χ3n) is 4.39. The molecule has 32 heavy (non-hydrogen) atoms. The van der Waals surface area contributed by atoms with Crippen molar-refractivity contribution in [1.29, 1.82) is 0 Å². The van der Waals surface area contributed by atoms with Crippen molar-refractivity contribution in [1.82, 2.24) is 15.3 Å². The fourth-order valence-corrected chi connectivity index (χ4v) is 3.43. The summed E-state index contributed by atoms with van der Waals surface area (Å²) in [5, 5.41) is 6.40. The second-order valence-corrected chi connectivity index (χ2v) is 7.94. The van der Waals surface area contributed by atoms with E-state index in [0.29, 0.717) is 22.7 Å². The third kappa shape index (κ3) is 5.57. The molecule has 1 amide bonds. The molecule has 2 atom stereocenters. The maximum atomic E-state index is 13.9.